The number of nitro groups is 1. The van der Waals surface area contributed by atoms with Crippen LogP contribution in [0.1, 0.15) is 5.56 Å². The van der Waals surface area contributed by atoms with Crippen molar-refractivity contribution in [2.24, 2.45) is 0 Å². The molecule has 104 valence electrons. The third-order valence-corrected chi connectivity index (χ3v) is 3.55. The number of phenolic OH excluding ortho intramolecular Hbond substituents is 1. The van der Waals surface area contributed by atoms with E-state index in [-0.39, 0.29) is 18.0 Å². The lowest BCUT2D eigenvalue weighted by Crippen LogP contribution is -2.03. The molecular formula is C13H10BrClN2O3. The molecule has 0 amide bonds. The van der Waals surface area contributed by atoms with Crippen LogP contribution in [0.15, 0.2) is 40.9 Å². The molecule has 7 heteroatoms. The highest BCUT2D eigenvalue weighted by Gasteiger charge is 2.15. The van der Waals surface area contributed by atoms with Crippen molar-refractivity contribution in [3.63, 3.8) is 0 Å². The van der Waals surface area contributed by atoms with Crippen LogP contribution in [0.25, 0.3) is 0 Å². The van der Waals surface area contributed by atoms with Crippen molar-refractivity contribution in [2.75, 3.05) is 5.32 Å². The second kappa shape index (κ2) is 6.11. The zero-order valence-corrected chi connectivity index (χ0v) is 12.5. The fourth-order valence-electron chi connectivity index (χ4n) is 1.71. The van der Waals surface area contributed by atoms with Gasteiger partial charge in [0.15, 0.2) is 0 Å². The van der Waals surface area contributed by atoms with E-state index in [0.29, 0.717) is 20.7 Å². The maximum atomic E-state index is 11.0. The number of halogens is 2. The van der Waals surface area contributed by atoms with Crippen LogP contribution in [0.4, 0.5) is 11.4 Å². The van der Waals surface area contributed by atoms with Crippen molar-refractivity contribution in [3.8, 4) is 5.75 Å². The van der Waals surface area contributed by atoms with E-state index in [4.69, 9.17) is 11.6 Å². The van der Waals surface area contributed by atoms with E-state index in [1.807, 2.05) is 0 Å². The highest BCUT2D eigenvalue weighted by atomic mass is 79.9. The second-order valence-electron chi connectivity index (χ2n) is 4.01. The number of benzene rings is 2. The maximum Gasteiger partial charge on any atom is 0.293 e. The average Bonchev–Trinajstić information content (AvgIpc) is 2.39. The Balaban J connectivity index is 2.25. The molecule has 2 aromatic carbocycles. The Hall–Kier alpha value is -1.79. The summed E-state index contributed by atoms with van der Waals surface area (Å²) >= 11 is 9.17. The van der Waals surface area contributed by atoms with E-state index in [9.17, 15) is 15.2 Å². The lowest BCUT2D eigenvalue weighted by atomic mass is 10.2. The van der Waals surface area contributed by atoms with E-state index in [0.717, 1.165) is 0 Å². The van der Waals surface area contributed by atoms with Crippen molar-refractivity contribution < 1.29 is 10.0 Å². The van der Waals surface area contributed by atoms with Crippen molar-refractivity contribution in [1.82, 2.24) is 0 Å². The number of rotatable bonds is 4. The Morgan fingerprint density at radius 3 is 2.75 bits per heavy atom. The first-order valence-corrected chi connectivity index (χ1v) is 6.80. The minimum Gasteiger partial charge on any atom is -0.508 e. The van der Waals surface area contributed by atoms with Crippen LogP contribution in [0.2, 0.25) is 5.02 Å². The van der Waals surface area contributed by atoms with Gasteiger partial charge < -0.3 is 10.4 Å². The molecular weight excluding hydrogens is 348 g/mol. The predicted octanol–water partition coefficient (Wildman–Crippen LogP) is 4.33. The molecule has 0 bridgehead atoms. The van der Waals surface area contributed by atoms with Crippen molar-refractivity contribution in [1.29, 1.82) is 0 Å². The van der Waals surface area contributed by atoms with Gasteiger partial charge in [-0.05, 0) is 24.3 Å². The molecule has 0 aliphatic heterocycles. The lowest BCUT2D eigenvalue weighted by molar-refractivity contribution is -0.384. The van der Waals surface area contributed by atoms with Crippen LogP contribution < -0.4 is 5.32 Å². The number of hydrogen-bond donors (Lipinski definition) is 2. The van der Waals surface area contributed by atoms with Crippen LogP contribution >= 0.6 is 27.5 Å². The lowest BCUT2D eigenvalue weighted by Gasteiger charge is -2.10. The van der Waals surface area contributed by atoms with Crippen molar-refractivity contribution in [3.05, 3.63) is 61.6 Å². The van der Waals surface area contributed by atoms with E-state index in [2.05, 4.69) is 21.2 Å². The van der Waals surface area contributed by atoms with Gasteiger partial charge in [0.25, 0.3) is 5.69 Å². The molecule has 5 nitrogen and oxygen atoms in total. The number of aromatic hydroxyl groups is 1. The number of nitro benzene ring substituents is 1. The van der Waals surface area contributed by atoms with Crippen LogP contribution in [0, 0.1) is 10.1 Å². The third kappa shape index (κ3) is 3.20. The van der Waals surface area contributed by atoms with Gasteiger partial charge in [-0.25, -0.2) is 0 Å². The molecule has 2 aromatic rings. The molecule has 0 atom stereocenters. The summed E-state index contributed by atoms with van der Waals surface area (Å²) in [5.41, 5.74) is 0.801. The Morgan fingerprint density at radius 1 is 1.35 bits per heavy atom. The van der Waals surface area contributed by atoms with E-state index in [1.165, 1.54) is 12.1 Å². The summed E-state index contributed by atoms with van der Waals surface area (Å²) in [4.78, 5) is 10.5. The van der Waals surface area contributed by atoms with E-state index in [1.54, 1.807) is 24.3 Å². The quantitative estimate of drug-likeness (QED) is 0.631. The van der Waals surface area contributed by atoms with Gasteiger partial charge in [-0.1, -0.05) is 33.6 Å². The number of nitrogens with one attached hydrogen (secondary N) is 1. The van der Waals surface area contributed by atoms with Gasteiger partial charge in [0, 0.05) is 27.7 Å². The SMILES string of the molecule is O=[N+]([O-])c1cc(Br)ccc1NCc1c(O)cccc1Cl. The summed E-state index contributed by atoms with van der Waals surface area (Å²) < 4.78 is 0.621. The van der Waals surface area contributed by atoms with Crippen LogP contribution in [0.3, 0.4) is 0 Å². The molecule has 2 N–H and O–H groups in total. The van der Waals surface area contributed by atoms with Gasteiger partial charge in [0.2, 0.25) is 0 Å². The number of phenols is 1. The largest absolute Gasteiger partial charge is 0.508 e. The minimum absolute atomic E-state index is 0.0461. The molecule has 0 fully saturated rings. The standard InChI is InChI=1S/C13H10BrClN2O3/c14-8-4-5-11(12(6-8)17(19)20)16-7-9-10(15)2-1-3-13(9)18/h1-6,16,18H,7H2. The zero-order chi connectivity index (χ0) is 14.7. The second-order valence-corrected chi connectivity index (χ2v) is 5.33. The first-order valence-electron chi connectivity index (χ1n) is 5.63. The Morgan fingerprint density at radius 2 is 2.10 bits per heavy atom. The minimum atomic E-state index is -0.473. The predicted molar refractivity (Wildman–Crippen MR) is 81.2 cm³/mol. The molecule has 0 aliphatic rings. The molecule has 0 saturated heterocycles. The Kier molecular flexibility index (Phi) is 4.46. The average molecular weight is 358 g/mol. The summed E-state index contributed by atoms with van der Waals surface area (Å²) in [5.74, 6) is 0.0461. The normalized spacial score (nSPS) is 10.3. The Labute approximate surface area is 128 Å². The summed E-state index contributed by atoms with van der Waals surface area (Å²) in [6, 6.07) is 9.49. The number of nitrogens with zero attached hydrogens (tertiary/aromatic N) is 1. The third-order valence-electron chi connectivity index (χ3n) is 2.71. The zero-order valence-electron chi connectivity index (χ0n) is 10.1. The molecule has 0 aliphatic carbocycles. The van der Waals surface area contributed by atoms with Gasteiger partial charge in [-0.15, -0.1) is 0 Å². The number of anilines is 1. The monoisotopic (exact) mass is 356 g/mol. The fraction of sp³-hybridized carbons (Fsp3) is 0.0769. The number of hydrogen-bond acceptors (Lipinski definition) is 4. The van der Waals surface area contributed by atoms with Gasteiger partial charge in [-0.3, -0.25) is 10.1 Å². The molecule has 0 unspecified atom stereocenters. The fourth-order valence-corrected chi connectivity index (χ4v) is 2.30. The molecule has 0 radical (unpaired) electrons. The highest BCUT2D eigenvalue weighted by Crippen LogP contribution is 2.30. The maximum absolute atomic E-state index is 11.0. The first-order chi connectivity index (χ1) is 9.49. The van der Waals surface area contributed by atoms with Gasteiger partial charge in [0.1, 0.15) is 11.4 Å². The Bertz CT molecular complexity index is 644. The van der Waals surface area contributed by atoms with Gasteiger partial charge in [0.05, 0.1) is 4.92 Å². The molecule has 0 spiro atoms. The topological polar surface area (TPSA) is 75.4 Å². The summed E-state index contributed by atoms with van der Waals surface area (Å²) in [6.45, 7) is 0.188. The summed E-state index contributed by atoms with van der Waals surface area (Å²) in [6.07, 6.45) is 0. The van der Waals surface area contributed by atoms with Crippen molar-refractivity contribution >= 4 is 38.9 Å². The summed E-state index contributed by atoms with van der Waals surface area (Å²) in [5, 5.41) is 24.0. The molecule has 0 aromatic heterocycles. The van der Waals surface area contributed by atoms with E-state index >= 15 is 0 Å². The molecule has 2 rings (SSSR count). The summed E-state index contributed by atoms with van der Waals surface area (Å²) in [7, 11) is 0. The highest BCUT2D eigenvalue weighted by molar-refractivity contribution is 9.10. The van der Waals surface area contributed by atoms with Crippen LogP contribution in [0.5, 0.6) is 5.75 Å². The van der Waals surface area contributed by atoms with Crippen LogP contribution in [-0.4, -0.2) is 10.0 Å². The molecule has 0 heterocycles. The van der Waals surface area contributed by atoms with E-state index < -0.39 is 4.92 Å². The van der Waals surface area contributed by atoms with Crippen molar-refractivity contribution in [2.45, 2.75) is 6.54 Å². The smallest absolute Gasteiger partial charge is 0.293 e. The van der Waals surface area contributed by atoms with Gasteiger partial charge in [-0.2, -0.15) is 0 Å². The molecule has 20 heavy (non-hydrogen) atoms. The first kappa shape index (κ1) is 14.6. The van der Waals surface area contributed by atoms with Gasteiger partial charge >= 0.3 is 0 Å². The van der Waals surface area contributed by atoms with Crippen LogP contribution in [-0.2, 0) is 6.54 Å². The molecule has 0 saturated carbocycles.